The summed E-state index contributed by atoms with van der Waals surface area (Å²) in [5.74, 6) is 1.59. The lowest BCUT2D eigenvalue weighted by atomic mass is 9.98. The van der Waals surface area contributed by atoms with Gasteiger partial charge in [0.1, 0.15) is 23.7 Å². The van der Waals surface area contributed by atoms with Crippen LogP contribution in [0.1, 0.15) is 31.4 Å². The monoisotopic (exact) mass is 499 g/mol. The normalized spacial score (nSPS) is 15.3. The second kappa shape index (κ2) is 9.62. The Kier molecular flexibility index (Phi) is 6.03. The first-order valence-electron chi connectivity index (χ1n) is 12.1. The molecule has 0 aliphatic carbocycles. The van der Waals surface area contributed by atoms with Crippen LogP contribution in [0.3, 0.4) is 0 Å². The maximum atomic E-state index is 6.76. The Morgan fingerprint density at radius 2 is 1.86 bits per heavy atom. The zero-order valence-corrected chi connectivity index (χ0v) is 20.6. The fourth-order valence-electron chi connectivity index (χ4n) is 4.91. The molecule has 3 aromatic heterocycles. The van der Waals surface area contributed by atoms with Crippen molar-refractivity contribution in [2.45, 2.75) is 31.9 Å². The summed E-state index contributed by atoms with van der Waals surface area (Å²) in [7, 11) is 0. The van der Waals surface area contributed by atoms with Gasteiger partial charge in [0.2, 0.25) is 0 Å². The summed E-state index contributed by atoms with van der Waals surface area (Å²) in [6.45, 7) is 3.83. The summed E-state index contributed by atoms with van der Waals surface area (Å²) >= 11 is 6.76. The molecule has 1 atom stereocenters. The van der Waals surface area contributed by atoms with Gasteiger partial charge in [0, 0.05) is 43.1 Å². The lowest BCUT2D eigenvalue weighted by Crippen LogP contribution is -2.39. The molecule has 5 aromatic rings. The minimum Gasteiger partial charge on any atom is -0.490 e. The van der Waals surface area contributed by atoms with Crippen molar-refractivity contribution in [2.24, 2.45) is 0 Å². The van der Waals surface area contributed by atoms with E-state index in [2.05, 4.69) is 37.1 Å². The Hall–Kier alpha value is -3.91. The van der Waals surface area contributed by atoms with E-state index in [1.54, 1.807) is 6.33 Å². The van der Waals surface area contributed by atoms with Crippen molar-refractivity contribution in [1.29, 1.82) is 0 Å². The van der Waals surface area contributed by atoms with E-state index in [4.69, 9.17) is 21.3 Å². The zero-order valence-electron chi connectivity index (χ0n) is 19.9. The van der Waals surface area contributed by atoms with E-state index in [-0.39, 0.29) is 12.1 Å². The first-order chi connectivity index (χ1) is 17.7. The van der Waals surface area contributed by atoms with Crippen molar-refractivity contribution in [3.63, 3.8) is 0 Å². The smallest absolute Gasteiger partial charge is 0.162 e. The van der Waals surface area contributed by atoms with Gasteiger partial charge in [-0.15, -0.1) is 0 Å². The molecule has 8 nitrogen and oxygen atoms in total. The number of aromatic nitrogens is 5. The summed E-state index contributed by atoms with van der Waals surface area (Å²) in [6.07, 6.45) is 7.01. The van der Waals surface area contributed by atoms with Crippen molar-refractivity contribution < 1.29 is 4.74 Å². The van der Waals surface area contributed by atoms with Crippen LogP contribution in [0.25, 0.3) is 22.1 Å². The number of pyridine rings is 1. The third kappa shape index (κ3) is 4.28. The number of imidazole rings is 1. The predicted molar refractivity (Wildman–Crippen MR) is 143 cm³/mol. The van der Waals surface area contributed by atoms with Crippen molar-refractivity contribution >= 4 is 45.2 Å². The van der Waals surface area contributed by atoms with Crippen molar-refractivity contribution in [1.82, 2.24) is 24.9 Å². The van der Waals surface area contributed by atoms with E-state index in [9.17, 15) is 0 Å². The van der Waals surface area contributed by atoms with Gasteiger partial charge in [-0.2, -0.15) is 0 Å². The summed E-state index contributed by atoms with van der Waals surface area (Å²) in [6, 6.07) is 15.9. The van der Waals surface area contributed by atoms with E-state index < -0.39 is 0 Å². The summed E-state index contributed by atoms with van der Waals surface area (Å²) in [4.78, 5) is 23.3. The maximum absolute atomic E-state index is 6.76. The molecular weight excluding hydrogens is 474 g/mol. The summed E-state index contributed by atoms with van der Waals surface area (Å²) < 4.78 is 6.24. The number of ether oxygens (including phenoxy) is 1. The van der Waals surface area contributed by atoms with E-state index in [0.29, 0.717) is 22.0 Å². The van der Waals surface area contributed by atoms with Gasteiger partial charge < -0.3 is 19.9 Å². The molecular formula is C27H26ClN7O. The number of benzene rings is 2. The molecule has 1 fully saturated rings. The summed E-state index contributed by atoms with van der Waals surface area (Å²) in [5, 5.41) is 5.16. The van der Waals surface area contributed by atoms with Crippen LogP contribution >= 0.6 is 11.6 Å². The van der Waals surface area contributed by atoms with Gasteiger partial charge in [0.25, 0.3) is 0 Å². The molecule has 2 aromatic carbocycles. The first kappa shape index (κ1) is 22.5. The number of anilines is 2. The number of nitrogens with zero attached hydrogens (tertiary/aromatic N) is 5. The van der Waals surface area contributed by atoms with Gasteiger partial charge in [-0.25, -0.2) is 15.0 Å². The molecule has 1 unspecified atom stereocenters. The van der Waals surface area contributed by atoms with E-state index in [1.807, 2.05) is 54.7 Å². The number of halogens is 1. The minimum atomic E-state index is -0.100. The molecule has 6 rings (SSSR count). The number of nitrogens with one attached hydrogen (secondary N) is 2. The van der Waals surface area contributed by atoms with E-state index in [1.165, 1.54) is 6.33 Å². The fraction of sp³-hybridized carbons (Fsp3) is 0.259. The largest absolute Gasteiger partial charge is 0.490 e. The molecule has 36 heavy (non-hydrogen) atoms. The van der Waals surface area contributed by atoms with Crippen LogP contribution < -0.4 is 15.0 Å². The molecule has 0 bridgehead atoms. The second-order valence-electron chi connectivity index (χ2n) is 9.00. The minimum absolute atomic E-state index is 0.100. The molecule has 2 N–H and O–H groups in total. The molecule has 1 aliphatic heterocycles. The molecule has 4 heterocycles. The number of piperidine rings is 1. The van der Waals surface area contributed by atoms with Crippen LogP contribution in [0.4, 0.5) is 11.5 Å². The average molecular weight is 500 g/mol. The number of H-pyrrole nitrogens is 1. The van der Waals surface area contributed by atoms with E-state index >= 15 is 0 Å². The van der Waals surface area contributed by atoms with Crippen molar-refractivity contribution in [3.05, 3.63) is 78.0 Å². The topological polar surface area (TPSA) is 91.9 Å². The first-order valence-corrected chi connectivity index (χ1v) is 12.5. The van der Waals surface area contributed by atoms with Gasteiger partial charge in [-0.3, -0.25) is 4.98 Å². The van der Waals surface area contributed by atoms with Crippen LogP contribution in [0.2, 0.25) is 5.02 Å². The Balaban J connectivity index is 1.32. The molecule has 182 valence electrons. The van der Waals surface area contributed by atoms with Gasteiger partial charge in [0.05, 0.1) is 28.6 Å². The predicted octanol–water partition coefficient (Wildman–Crippen LogP) is 5.78. The van der Waals surface area contributed by atoms with Crippen LogP contribution in [-0.4, -0.2) is 44.1 Å². The molecule has 0 amide bonds. The lowest BCUT2D eigenvalue weighted by Gasteiger charge is -2.36. The van der Waals surface area contributed by atoms with Crippen LogP contribution in [-0.2, 0) is 0 Å². The van der Waals surface area contributed by atoms with Crippen molar-refractivity contribution in [3.8, 4) is 5.75 Å². The highest BCUT2D eigenvalue weighted by atomic mass is 35.5. The highest BCUT2D eigenvalue weighted by Gasteiger charge is 2.27. The number of para-hydroxylation sites is 1. The Bertz CT molecular complexity index is 1500. The number of hydrogen-bond acceptors (Lipinski definition) is 7. The molecule has 1 aliphatic rings. The fourth-order valence-corrected chi connectivity index (χ4v) is 5.18. The van der Waals surface area contributed by atoms with E-state index in [0.717, 1.165) is 53.8 Å². The quantitative estimate of drug-likeness (QED) is 0.306. The average Bonchev–Trinajstić information content (AvgIpc) is 3.40. The highest BCUT2D eigenvalue weighted by molar-refractivity contribution is 6.36. The number of fused-ring (bicyclic) bond motifs is 2. The molecule has 1 saturated heterocycles. The molecule has 9 heteroatoms. The van der Waals surface area contributed by atoms with Gasteiger partial charge >= 0.3 is 0 Å². The molecule has 0 radical (unpaired) electrons. The number of rotatable bonds is 6. The maximum Gasteiger partial charge on any atom is 0.162 e. The number of hydrogen-bond donors (Lipinski definition) is 2. The molecule has 0 spiro atoms. The Labute approximate surface area is 213 Å². The molecule has 0 saturated carbocycles. The van der Waals surface area contributed by atoms with Crippen molar-refractivity contribution in [2.75, 3.05) is 23.3 Å². The zero-order chi connectivity index (χ0) is 24.5. The third-order valence-corrected chi connectivity index (χ3v) is 7.00. The van der Waals surface area contributed by atoms with Gasteiger partial charge in [-0.1, -0.05) is 29.8 Å². The SMILES string of the molecule is CC(Nc1ncnc2[nH]cnc12)c1cc(Cl)c2cccnc2c1N1CCC(Oc2ccccc2)CC1. The van der Waals surface area contributed by atoms with Crippen LogP contribution in [0.15, 0.2) is 67.4 Å². The standard InChI is InChI=1S/C27H26ClN7O/c1-17(34-27-24-26(31-15-30-24)32-16-33-27)21-14-22(28)20-8-5-11-29-23(20)25(21)35-12-9-19(10-13-35)36-18-6-3-2-4-7-18/h2-8,11,14-17,19H,9-10,12-13H2,1H3,(H2,30,31,32,33,34). The lowest BCUT2D eigenvalue weighted by molar-refractivity contribution is 0.171. The van der Waals surface area contributed by atoms with Gasteiger partial charge in [0.15, 0.2) is 11.5 Å². The Morgan fingerprint density at radius 3 is 2.69 bits per heavy atom. The second-order valence-corrected chi connectivity index (χ2v) is 9.41. The van der Waals surface area contributed by atoms with Gasteiger partial charge in [-0.05, 0) is 37.3 Å². The third-order valence-electron chi connectivity index (χ3n) is 6.69. The number of aromatic amines is 1. The van der Waals surface area contributed by atoms with Crippen LogP contribution in [0, 0.1) is 0 Å². The highest BCUT2D eigenvalue weighted by Crippen LogP contribution is 2.40. The van der Waals surface area contributed by atoms with Crippen LogP contribution in [0.5, 0.6) is 5.75 Å². The summed E-state index contributed by atoms with van der Waals surface area (Å²) in [5.41, 5.74) is 4.47. The Morgan fingerprint density at radius 1 is 1.03 bits per heavy atom.